The molecule has 0 aliphatic carbocycles. The number of rotatable bonds is 9. The van der Waals surface area contributed by atoms with Crippen molar-refractivity contribution in [1.29, 1.82) is 0 Å². The fraction of sp³-hybridized carbons (Fsp3) is 0.588. The lowest BCUT2D eigenvalue weighted by Crippen LogP contribution is -2.22. The molecule has 0 aliphatic heterocycles. The summed E-state index contributed by atoms with van der Waals surface area (Å²) in [6.45, 7) is 9.67. The largest absolute Gasteiger partial charge is 0.380 e. The normalized spacial score (nSPS) is 11.6. The zero-order valence-corrected chi connectivity index (χ0v) is 13.4. The Morgan fingerprint density at radius 3 is 2.81 bits per heavy atom. The third kappa shape index (κ3) is 4.55. The second-order valence-corrected chi connectivity index (χ2v) is 5.69. The second kappa shape index (κ2) is 8.15. The third-order valence-corrected chi connectivity index (χ3v) is 3.50. The molecule has 1 heterocycles. The molecule has 21 heavy (non-hydrogen) atoms. The van der Waals surface area contributed by atoms with E-state index in [1.54, 1.807) is 0 Å². The Morgan fingerprint density at radius 1 is 1.24 bits per heavy atom. The number of nitrogens with zero attached hydrogens (tertiary/aromatic N) is 2. The van der Waals surface area contributed by atoms with Crippen molar-refractivity contribution in [1.82, 2.24) is 15.1 Å². The summed E-state index contributed by atoms with van der Waals surface area (Å²) in [6, 6.07) is 8.89. The standard InChI is InChI=1S/C17H27N3O/c1-4-5-11-21-12-10-20-17-9-7-6-8-15(17)16(19-20)13-18-14(2)3/h6-9,14,18H,4-5,10-13H2,1-3H3. The van der Waals surface area contributed by atoms with E-state index < -0.39 is 0 Å². The van der Waals surface area contributed by atoms with Crippen LogP contribution in [0.1, 0.15) is 39.3 Å². The number of para-hydroxylation sites is 1. The van der Waals surface area contributed by atoms with Gasteiger partial charge in [-0.3, -0.25) is 4.68 Å². The van der Waals surface area contributed by atoms with Gasteiger partial charge in [0.25, 0.3) is 0 Å². The Bertz CT molecular complexity index is 548. The Kier molecular flexibility index (Phi) is 6.21. The Labute approximate surface area is 127 Å². The number of aromatic nitrogens is 2. The number of hydrogen-bond acceptors (Lipinski definition) is 3. The van der Waals surface area contributed by atoms with Crippen LogP contribution in [0.2, 0.25) is 0 Å². The number of benzene rings is 1. The number of unbranched alkanes of at least 4 members (excludes halogenated alkanes) is 1. The number of nitrogens with one attached hydrogen (secondary N) is 1. The van der Waals surface area contributed by atoms with Crippen LogP contribution in [0.15, 0.2) is 24.3 Å². The van der Waals surface area contributed by atoms with E-state index in [1.807, 2.05) is 0 Å². The molecule has 0 unspecified atom stereocenters. The van der Waals surface area contributed by atoms with Gasteiger partial charge in [0.2, 0.25) is 0 Å². The maximum atomic E-state index is 5.66. The summed E-state index contributed by atoms with van der Waals surface area (Å²) in [7, 11) is 0. The molecule has 116 valence electrons. The van der Waals surface area contributed by atoms with Gasteiger partial charge >= 0.3 is 0 Å². The fourth-order valence-electron chi connectivity index (χ4n) is 2.30. The Hall–Kier alpha value is -1.39. The number of hydrogen-bond donors (Lipinski definition) is 1. The van der Waals surface area contributed by atoms with Gasteiger partial charge in [0.15, 0.2) is 0 Å². The van der Waals surface area contributed by atoms with E-state index in [0.717, 1.165) is 38.4 Å². The molecule has 0 saturated carbocycles. The molecule has 0 amide bonds. The van der Waals surface area contributed by atoms with E-state index >= 15 is 0 Å². The van der Waals surface area contributed by atoms with Crippen molar-refractivity contribution in [3.63, 3.8) is 0 Å². The van der Waals surface area contributed by atoms with E-state index in [2.05, 4.69) is 55.0 Å². The predicted molar refractivity (Wildman–Crippen MR) is 87.4 cm³/mol. The minimum atomic E-state index is 0.464. The summed E-state index contributed by atoms with van der Waals surface area (Å²) in [4.78, 5) is 0. The maximum Gasteiger partial charge on any atom is 0.0841 e. The molecule has 0 bridgehead atoms. The van der Waals surface area contributed by atoms with Crippen LogP contribution in [-0.4, -0.2) is 29.0 Å². The van der Waals surface area contributed by atoms with Crippen LogP contribution >= 0.6 is 0 Å². The number of ether oxygens (including phenoxy) is 1. The van der Waals surface area contributed by atoms with Crippen molar-refractivity contribution >= 4 is 10.9 Å². The van der Waals surface area contributed by atoms with E-state index in [0.29, 0.717) is 6.04 Å². The summed E-state index contributed by atoms with van der Waals surface area (Å²) in [5.41, 5.74) is 2.31. The summed E-state index contributed by atoms with van der Waals surface area (Å²) < 4.78 is 7.73. The van der Waals surface area contributed by atoms with Crippen LogP contribution in [0.4, 0.5) is 0 Å². The highest BCUT2D eigenvalue weighted by Crippen LogP contribution is 2.18. The van der Waals surface area contributed by atoms with Crippen LogP contribution in [-0.2, 0) is 17.8 Å². The summed E-state index contributed by atoms with van der Waals surface area (Å²) in [5.74, 6) is 0. The average molecular weight is 289 g/mol. The van der Waals surface area contributed by atoms with Gasteiger partial charge in [-0.15, -0.1) is 0 Å². The van der Waals surface area contributed by atoms with Gasteiger partial charge in [-0.1, -0.05) is 45.4 Å². The summed E-state index contributed by atoms with van der Waals surface area (Å²) >= 11 is 0. The minimum Gasteiger partial charge on any atom is -0.380 e. The highest BCUT2D eigenvalue weighted by atomic mass is 16.5. The third-order valence-electron chi connectivity index (χ3n) is 3.50. The molecular formula is C17H27N3O. The van der Waals surface area contributed by atoms with Gasteiger partial charge < -0.3 is 10.1 Å². The van der Waals surface area contributed by atoms with E-state index in [9.17, 15) is 0 Å². The molecule has 4 heteroatoms. The summed E-state index contributed by atoms with van der Waals surface area (Å²) in [6.07, 6.45) is 2.30. The van der Waals surface area contributed by atoms with Crippen molar-refractivity contribution in [3.05, 3.63) is 30.0 Å². The molecule has 0 saturated heterocycles. The van der Waals surface area contributed by atoms with Crippen LogP contribution in [0.25, 0.3) is 10.9 Å². The lowest BCUT2D eigenvalue weighted by atomic mass is 10.2. The summed E-state index contributed by atoms with van der Waals surface area (Å²) in [5, 5.41) is 9.43. The first-order valence-electron chi connectivity index (χ1n) is 7.98. The number of fused-ring (bicyclic) bond motifs is 1. The molecule has 2 aromatic rings. The van der Waals surface area contributed by atoms with Crippen LogP contribution < -0.4 is 5.32 Å². The molecule has 2 rings (SSSR count). The van der Waals surface area contributed by atoms with E-state index in [1.165, 1.54) is 17.3 Å². The second-order valence-electron chi connectivity index (χ2n) is 5.69. The molecule has 1 N–H and O–H groups in total. The van der Waals surface area contributed by atoms with Gasteiger partial charge in [0.1, 0.15) is 0 Å². The lowest BCUT2D eigenvalue weighted by molar-refractivity contribution is 0.122. The van der Waals surface area contributed by atoms with Crippen LogP contribution in [0, 0.1) is 0 Å². The minimum absolute atomic E-state index is 0.464. The zero-order valence-electron chi connectivity index (χ0n) is 13.4. The molecule has 4 nitrogen and oxygen atoms in total. The fourth-order valence-corrected chi connectivity index (χ4v) is 2.30. The molecule has 0 atom stereocenters. The van der Waals surface area contributed by atoms with Gasteiger partial charge in [-0.05, 0) is 12.5 Å². The lowest BCUT2D eigenvalue weighted by Gasteiger charge is -2.06. The first-order valence-corrected chi connectivity index (χ1v) is 7.98. The average Bonchev–Trinajstić information content (AvgIpc) is 2.83. The van der Waals surface area contributed by atoms with Gasteiger partial charge in [-0.25, -0.2) is 0 Å². The topological polar surface area (TPSA) is 39.1 Å². The highest BCUT2D eigenvalue weighted by molar-refractivity contribution is 5.81. The smallest absolute Gasteiger partial charge is 0.0841 e. The van der Waals surface area contributed by atoms with E-state index in [4.69, 9.17) is 9.84 Å². The van der Waals surface area contributed by atoms with Gasteiger partial charge in [0.05, 0.1) is 24.4 Å². The first kappa shape index (κ1) is 16.0. The van der Waals surface area contributed by atoms with Crippen molar-refractivity contribution in [2.45, 2.75) is 52.7 Å². The maximum absolute atomic E-state index is 5.66. The Morgan fingerprint density at radius 2 is 2.05 bits per heavy atom. The molecule has 0 radical (unpaired) electrons. The molecular weight excluding hydrogens is 262 g/mol. The predicted octanol–water partition coefficient (Wildman–Crippen LogP) is 3.35. The van der Waals surface area contributed by atoms with Crippen LogP contribution in [0.3, 0.4) is 0 Å². The Balaban J connectivity index is 2.04. The monoisotopic (exact) mass is 289 g/mol. The first-order chi connectivity index (χ1) is 10.2. The van der Waals surface area contributed by atoms with Gasteiger partial charge in [-0.2, -0.15) is 5.10 Å². The van der Waals surface area contributed by atoms with Crippen LogP contribution in [0.5, 0.6) is 0 Å². The molecule has 1 aromatic carbocycles. The van der Waals surface area contributed by atoms with E-state index in [-0.39, 0.29) is 0 Å². The van der Waals surface area contributed by atoms with Gasteiger partial charge in [0, 0.05) is 24.6 Å². The highest BCUT2D eigenvalue weighted by Gasteiger charge is 2.09. The van der Waals surface area contributed by atoms with Crippen molar-refractivity contribution < 1.29 is 4.74 Å². The molecule has 0 spiro atoms. The quantitative estimate of drug-likeness (QED) is 0.720. The van der Waals surface area contributed by atoms with Crippen molar-refractivity contribution in [3.8, 4) is 0 Å². The van der Waals surface area contributed by atoms with Crippen molar-refractivity contribution in [2.75, 3.05) is 13.2 Å². The molecule has 0 fully saturated rings. The SMILES string of the molecule is CCCCOCCn1nc(CNC(C)C)c2ccccc21. The molecule has 0 aliphatic rings. The van der Waals surface area contributed by atoms with Crippen molar-refractivity contribution in [2.24, 2.45) is 0 Å². The molecule has 1 aromatic heterocycles. The zero-order chi connectivity index (χ0) is 15.1.